The number of rotatable bonds is 3. The van der Waals surface area contributed by atoms with Crippen molar-refractivity contribution in [2.75, 3.05) is 44.2 Å². The summed E-state index contributed by atoms with van der Waals surface area (Å²) in [5.74, 6) is 0.274. The highest BCUT2D eigenvalue weighted by Crippen LogP contribution is 2.27. The third kappa shape index (κ3) is 3.02. The number of para-hydroxylation sites is 1. The molecule has 2 aliphatic rings. The van der Waals surface area contributed by atoms with E-state index < -0.39 is 0 Å². The molecule has 108 valence electrons. The Labute approximate surface area is 120 Å². The Bertz CT molecular complexity index is 469. The first-order chi connectivity index (χ1) is 9.84. The summed E-state index contributed by atoms with van der Waals surface area (Å²) in [6.45, 7) is 5.96. The average Bonchev–Trinajstić information content (AvgIpc) is 2.53. The Hall–Kier alpha value is -1.39. The van der Waals surface area contributed by atoms with Crippen molar-refractivity contribution in [3.63, 3.8) is 0 Å². The summed E-state index contributed by atoms with van der Waals surface area (Å²) in [4.78, 5) is 16.9. The van der Waals surface area contributed by atoms with Crippen molar-refractivity contribution < 1.29 is 4.79 Å². The first-order valence-corrected chi connectivity index (χ1v) is 7.66. The summed E-state index contributed by atoms with van der Waals surface area (Å²) >= 11 is 0. The molecule has 1 aromatic carbocycles. The van der Waals surface area contributed by atoms with E-state index in [1.165, 1.54) is 5.56 Å². The minimum Gasteiger partial charge on any atom is -0.314 e. The third-order valence-corrected chi connectivity index (χ3v) is 4.26. The molecular weight excluding hydrogens is 250 g/mol. The van der Waals surface area contributed by atoms with Gasteiger partial charge in [0.2, 0.25) is 5.91 Å². The first kappa shape index (κ1) is 13.6. The van der Waals surface area contributed by atoms with Crippen LogP contribution >= 0.6 is 0 Å². The van der Waals surface area contributed by atoms with Gasteiger partial charge >= 0.3 is 0 Å². The van der Waals surface area contributed by atoms with Crippen LogP contribution in [0.3, 0.4) is 0 Å². The van der Waals surface area contributed by atoms with Crippen LogP contribution in [0.15, 0.2) is 24.3 Å². The summed E-state index contributed by atoms with van der Waals surface area (Å²) < 4.78 is 0. The fraction of sp³-hybridized carbons (Fsp3) is 0.562. The highest BCUT2D eigenvalue weighted by molar-refractivity contribution is 5.94. The van der Waals surface area contributed by atoms with Crippen LogP contribution in [0, 0.1) is 0 Å². The Kier molecular flexibility index (Phi) is 4.33. The van der Waals surface area contributed by atoms with Gasteiger partial charge in [-0.15, -0.1) is 0 Å². The van der Waals surface area contributed by atoms with E-state index in [-0.39, 0.29) is 5.91 Å². The SMILES string of the molecule is O=C(CCN1CCNCC1)N1CCCc2ccccc21. The van der Waals surface area contributed by atoms with Crippen LogP contribution in [-0.2, 0) is 11.2 Å². The summed E-state index contributed by atoms with van der Waals surface area (Å²) in [5.41, 5.74) is 2.44. The number of piperazine rings is 1. The minimum atomic E-state index is 0.274. The Morgan fingerprint density at radius 2 is 1.95 bits per heavy atom. The van der Waals surface area contributed by atoms with E-state index in [4.69, 9.17) is 0 Å². The molecule has 4 heteroatoms. The van der Waals surface area contributed by atoms with Gasteiger partial charge in [-0.1, -0.05) is 18.2 Å². The zero-order valence-corrected chi connectivity index (χ0v) is 12.0. The lowest BCUT2D eigenvalue weighted by Gasteiger charge is -2.31. The topological polar surface area (TPSA) is 35.6 Å². The highest BCUT2D eigenvalue weighted by atomic mass is 16.2. The van der Waals surface area contributed by atoms with Gasteiger partial charge in [-0.05, 0) is 24.5 Å². The number of amides is 1. The molecule has 0 bridgehead atoms. The zero-order valence-electron chi connectivity index (χ0n) is 12.0. The van der Waals surface area contributed by atoms with Crippen molar-refractivity contribution >= 4 is 11.6 Å². The van der Waals surface area contributed by atoms with Crippen molar-refractivity contribution in [3.05, 3.63) is 29.8 Å². The molecule has 1 fully saturated rings. The van der Waals surface area contributed by atoms with Crippen LogP contribution in [-0.4, -0.2) is 50.1 Å². The monoisotopic (exact) mass is 273 g/mol. The second kappa shape index (κ2) is 6.37. The molecule has 1 saturated heterocycles. The Balaban J connectivity index is 1.60. The number of aryl methyl sites for hydroxylation is 1. The summed E-state index contributed by atoms with van der Waals surface area (Å²) in [6.07, 6.45) is 2.81. The number of hydrogen-bond donors (Lipinski definition) is 1. The van der Waals surface area contributed by atoms with E-state index in [0.29, 0.717) is 6.42 Å². The van der Waals surface area contributed by atoms with Gasteiger partial charge in [0.05, 0.1) is 0 Å². The van der Waals surface area contributed by atoms with E-state index >= 15 is 0 Å². The fourth-order valence-electron chi connectivity index (χ4n) is 3.12. The standard InChI is InChI=1S/C16H23N3O/c20-16(7-11-18-12-8-17-9-13-18)19-10-3-5-14-4-1-2-6-15(14)19/h1-2,4,6,17H,3,5,7-13H2. The van der Waals surface area contributed by atoms with E-state index in [1.807, 2.05) is 11.0 Å². The zero-order chi connectivity index (χ0) is 13.8. The molecule has 0 aromatic heterocycles. The van der Waals surface area contributed by atoms with Gasteiger partial charge in [-0.3, -0.25) is 4.79 Å². The smallest absolute Gasteiger partial charge is 0.228 e. The lowest BCUT2D eigenvalue weighted by Crippen LogP contribution is -2.45. The van der Waals surface area contributed by atoms with Crippen LogP contribution in [0.25, 0.3) is 0 Å². The number of nitrogens with zero attached hydrogens (tertiary/aromatic N) is 2. The quantitative estimate of drug-likeness (QED) is 0.900. The maximum Gasteiger partial charge on any atom is 0.228 e. The number of anilines is 1. The number of hydrogen-bond acceptors (Lipinski definition) is 3. The predicted octanol–water partition coefficient (Wildman–Crippen LogP) is 1.26. The van der Waals surface area contributed by atoms with E-state index in [2.05, 4.69) is 28.4 Å². The summed E-state index contributed by atoms with van der Waals surface area (Å²) in [7, 11) is 0. The maximum absolute atomic E-state index is 12.5. The molecule has 0 radical (unpaired) electrons. The van der Waals surface area contributed by atoms with Gasteiger partial charge in [0.25, 0.3) is 0 Å². The molecule has 0 atom stereocenters. The molecule has 1 aromatic rings. The Morgan fingerprint density at radius 3 is 2.80 bits per heavy atom. The molecule has 1 amide bonds. The molecule has 20 heavy (non-hydrogen) atoms. The summed E-state index contributed by atoms with van der Waals surface area (Å²) in [6, 6.07) is 8.32. The average molecular weight is 273 g/mol. The number of nitrogens with one attached hydrogen (secondary N) is 1. The van der Waals surface area contributed by atoms with E-state index in [0.717, 1.165) is 57.8 Å². The lowest BCUT2D eigenvalue weighted by molar-refractivity contribution is -0.119. The Morgan fingerprint density at radius 1 is 1.15 bits per heavy atom. The lowest BCUT2D eigenvalue weighted by atomic mass is 10.0. The first-order valence-electron chi connectivity index (χ1n) is 7.66. The van der Waals surface area contributed by atoms with Gasteiger partial charge in [0.15, 0.2) is 0 Å². The van der Waals surface area contributed by atoms with Crippen molar-refractivity contribution in [2.24, 2.45) is 0 Å². The number of carbonyl (C=O) groups is 1. The van der Waals surface area contributed by atoms with Crippen molar-refractivity contribution in [1.82, 2.24) is 10.2 Å². The van der Waals surface area contributed by atoms with Gasteiger partial charge in [-0.25, -0.2) is 0 Å². The van der Waals surface area contributed by atoms with Gasteiger partial charge in [0.1, 0.15) is 0 Å². The van der Waals surface area contributed by atoms with Gasteiger partial charge in [0, 0.05) is 51.4 Å². The maximum atomic E-state index is 12.5. The van der Waals surface area contributed by atoms with Crippen LogP contribution in [0.4, 0.5) is 5.69 Å². The molecule has 2 heterocycles. The van der Waals surface area contributed by atoms with Crippen molar-refractivity contribution in [1.29, 1.82) is 0 Å². The normalized spacial score (nSPS) is 19.7. The molecule has 0 aliphatic carbocycles. The van der Waals surface area contributed by atoms with E-state index in [9.17, 15) is 4.79 Å². The molecule has 4 nitrogen and oxygen atoms in total. The molecular formula is C16H23N3O. The van der Waals surface area contributed by atoms with Crippen LogP contribution in [0.1, 0.15) is 18.4 Å². The predicted molar refractivity (Wildman–Crippen MR) is 81.0 cm³/mol. The van der Waals surface area contributed by atoms with Crippen LogP contribution in [0.5, 0.6) is 0 Å². The largest absolute Gasteiger partial charge is 0.314 e. The second-order valence-electron chi connectivity index (χ2n) is 5.62. The molecule has 3 rings (SSSR count). The molecule has 0 spiro atoms. The number of benzene rings is 1. The molecule has 1 N–H and O–H groups in total. The van der Waals surface area contributed by atoms with Crippen LogP contribution < -0.4 is 10.2 Å². The molecule has 0 saturated carbocycles. The highest BCUT2D eigenvalue weighted by Gasteiger charge is 2.22. The molecule has 2 aliphatic heterocycles. The summed E-state index contributed by atoms with van der Waals surface area (Å²) in [5, 5.41) is 3.34. The van der Waals surface area contributed by atoms with E-state index in [1.54, 1.807) is 0 Å². The number of fused-ring (bicyclic) bond motifs is 1. The fourth-order valence-corrected chi connectivity index (χ4v) is 3.12. The second-order valence-corrected chi connectivity index (χ2v) is 5.62. The van der Waals surface area contributed by atoms with Gasteiger partial charge in [-0.2, -0.15) is 0 Å². The van der Waals surface area contributed by atoms with Crippen molar-refractivity contribution in [2.45, 2.75) is 19.3 Å². The minimum absolute atomic E-state index is 0.274. The van der Waals surface area contributed by atoms with Gasteiger partial charge < -0.3 is 15.1 Å². The van der Waals surface area contributed by atoms with Crippen molar-refractivity contribution in [3.8, 4) is 0 Å². The molecule has 0 unspecified atom stereocenters. The van der Waals surface area contributed by atoms with Crippen LogP contribution in [0.2, 0.25) is 0 Å². The third-order valence-electron chi connectivity index (χ3n) is 4.26. The number of carbonyl (C=O) groups excluding carboxylic acids is 1.